The maximum atomic E-state index is 4.69. The Morgan fingerprint density at radius 1 is 1.19 bits per heavy atom. The summed E-state index contributed by atoms with van der Waals surface area (Å²) < 4.78 is 2.11. The fourth-order valence-corrected chi connectivity index (χ4v) is 2.65. The molecular formula is C18H27N3. The lowest BCUT2D eigenvalue weighted by Gasteiger charge is -2.14. The summed E-state index contributed by atoms with van der Waals surface area (Å²) in [6.07, 6.45) is 4.36. The van der Waals surface area contributed by atoms with Crippen LogP contribution >= 0.6 is 0 Å². The lowest BCUT2D eigenvalue weighted by Crippen LogP contribution is -2.19. The number of nitrogens with zero attached hydrogens (tertiary/aromatic N) is 2. The second-order valence-corrected chi connectivity index (χ2v) is 5.77. The molecule has 1 heterocycles. The minimum absolute atomic E-state index is 0.336. The zero-order valence-corrected chi connectivity index (χ0v) is 13.6. The van der Waals surface area contributed by atoms with Crippen molar-refractivity contribution in [2.75, 3.05) is 0 Å². The Morgan fingerprint density at radius 2 is 1.95 bits per heavy atom. The molecule has 1 aromatic carbocycles. The minimum Gasteiger partial charge on any atom is -0.304 e. The second-order valence-electron chi connectivity index (χ2n) is 5.77. The molecule has 1 aromatic heterocycles. The van der Waals surface area contributed by atoms with Crippen LogP contribution < -0.4 is 5.32 Å². The van der Waals surface area contributed by atoms with Gasteiger partial charge in [0.25, 0.3) is 0 Å². The molecule has 0 saturated heterocycles. The van der Waals surface area contributed by atoms with Crippen LogP contribution in [-0.2, 0) is 6.54 Å². The van der Waals surface area contributed by atoms with Gasteiger partial charge < -0.3 is 5.32 Å². The van der Waals surface area contributed by atoms with Crippen LogP contribution in [0.5, 0.6) is 0 Å². The first-order valence-corrected chi connectivity index (χ1v) is 7.98. The van der Waals surface area contributed by atoms with Crippen molar-refractivity contribution in [3.05, 3.63) is 53.3 Å². The molecule has 0 fully saturated rings. The van der Waals surface area contributed by atoms with Gasteiger partial charge in [0.15, 0.2) is 0 Å². The molecule has 0 saturated carbocycles. The monoisotopic (exact) mass is 285 g/mol. The van der Waals surface area contributed by atoms with E-state index in [1.807, 2.05) is 0 Å². The first kappa shape index (κ1) is 15.8. The third-order valence-electron chi connectivity index (χ3n) is 4.11. The number of rotatable bonds is 7. The highest BCUT2D eigenvalue weighted by Gasteiger charge is 2.09. The number of nitrogens with one attached hydrogen (secondary N) is 1. The van der Waals surface area contributed by atoms with Crippen molar-refractivity contribution in [3.8, 4) is 0 Å². The van der Waals surface area contributed by atoms with Gasteiger partial charge in [-0.15, -0.1) is 0 Å². The Bertz CT molecular complexity index is 555. The highest BCUT2D eigenvalue weighted by molar-refractivity contribution is 5.24. The van der Waals surface area contributed by atoms with Gasteiger partial charge in [-0.1, -0.05) is 43.7 Å². The SMILES string of the molecule is CCC(CC)n1ccc(CN[C@@H](C)c2cccc(C)c2)n1. The summed E-state index contributed by atoms with van der Waals surface area (Å²) in [5, 5.41) is 8.24. The van der Waals surface area contributed by atoms with E-state index in [0.29, 0.717) is 12.1 Å². The van der Waals surface area contributed by atoms with E-state index in [1.165, 1.54) is 11.1 Å². The number of aryl methyl sites for hydroxylation is 1. The Morgan fingerprint density at radius 3 is 2.62 bits per heavy atom. The number of benzene rings is 1. The van der Waals surface area contributed by atoms with Crippen LogP contribution in [0.3, 0.4) is 0 Å². The second kappa shape index (κ2) is 7.41. The zero-order chi connectivity index (χ0) is 15.2. The van der Waals surface area contributed by atoms with Gasteiger partial charge in [-0.3, -0.25) is 4.68 Å². The van der Waals surface area contributed by atoms with Crippen LogP contribution in [0.1, 0.15) is 62.5 Å². The molecule has 21 heavy (non-hydrogen) atoms. The van der Waals surface area contributed by atoms with Gasteiger partial charge in [-0.05, 0) is 38.3 Å². The van der Waals surface area contributed by atoms with Crippen molar-refractivity contribution in [2.45, 2.75) is 59.2 Å². The van der Waals surface area contributed by atoms with Gasteiger partial charge in [0.1, 0.15) is 0 Å². The number of hydrogen-bond acceptors (Lipinski definition) is 2. The highest BCUT2D eigenvalue weighted by atomic mass is 15.3. The minimum atomic E-state index is 0.336. The Hall–Kier alpha value is -1.61. The van der Waals surface area contributed by atoms with Gasteiger partial charge >= 0.3 is 0 Å². The fraction of sp³-hybridized carbons (Fsp3) is 0.500. The van der Waals surface area contributed by atoms with Gasteiger partial charge in [0, 0.05) is 18.8 Å². The van der Waals surface area contributed by atoms with Gasteiger partial charge in [-0.2, -0.15) is 5.10 Å². The van der Waals surface area contributed by atoms with E-state index < -0.39 is 0 Å². The van der Waals surface area contributed by atoms with Crippen molar-refractivity contribution in [2.24, 2.45) is 0 Å². The van der Waals surface area contributed by atoms with E-state index in [2.05, 4.69) is 79.3 Å². The largest absolute Gasteiger partial charge is 0.304 e. The summed E-state index contributed by atoms with van der Waals surface area (Å²) in [4.78, 5) is 0. The Kier molecular flexibility index (Phi) is 5.57. The molecule has 114 valence electrons. The molecule has 2 aromatic rings. The van der Waals surface area contributed by atoms with Crippen molar-refractivity contribution in [3.63, 3.8) is 0 Å². The first-order chi connectivity index (χ1) is 10.1. The maximum Gasteiger partial charge on any atom is 0.0762 e. The molecule has 0 amide bonds. The molecule has 0 aliphatic heterocycles. The summed E-state index contributed by atoms with van der Waals surface area (Å²) in [7, 11) is 0. The molecule has 0 aliphatic carbocycles. The zero-order valence-electron chi connectivity index (χ0n) is 13.6. The van der Waals surface area contributed by atoms with Crippen LogP contribution in [0.25, 0.3) is 0 Å². The topological polar surface area (TPSA) is 29.9 Å². The average Bonchev–Trinajstić information content (AvgIpc) is 2.95. The van der Waals surface area contributed by atoms with E-state index in [-0.39, 0.29) is 0 Å². The molecular weight excluding hydrogens is 258 g/mol. The molecule has 0 bridgehead atoms. The summed E-state index contributed by atoms with van der Waals surface area (Å²) >= 11 is 0. The van der Waals surface area contributed by atoms with E-state index in [0.717, 1.165) is 25.1 Å². The van der Waals surface area contributed by atoms with E-state index in [4.69, 9.17) is 0 Å². The fourth-order valence-electron chi connectivity index (χ4n) is 2.65. The van der Waals surface area contributed by atoms with Gasteiger partial charge in [-0.25, -0.2) is 0 Å². The molecule has 1 atom stereocenters. The molecule has 0 unspecified atom stereocenters. The number of hydrogen-bond donors (Lipinski definition) is 1. The van der Waals surface area contributed by atoms with Crippen LogP contribution in [0.2, 0.25) is 0 Å². The molecule has 3 nitrogen and oxygen atoms in total. The van der Waals surface area contributed by atoms with E-state index >= 15 is 0 Å². The van der Waals surface area contributed by atoms with Crippen LogP contribution in [-0.4, -0.2) is 9.78 Å². The molecule has 0 aliphatic rings. The van der Waals surface area contributed by atoms with Crippen molar-refractivity contribution in [1.29, 1.82) is 0 Å². The lowest BCUT2D eigenvalue weighted by molar-refractivity contribution is 0.423. The van der Waals surface area contributed by atoms with E-state index in [9.17, 15) is 0 Å². The van der Waals surface area contributed by atoms with Gasteiger partial charge in [0.05, 0.1) is 11.7 Å². The summed E-state index contributed by atoms with van der Waals surface area (Å²) in [6, 6.07) is 11.6. The van der Waals surface area contributed by atoms with Crippen LogP contribution in [0, 0.1) is 6.92 Å². The highest BCUT2D eigenvalue weighted by Crippen LogP contribution is 2.16. The maximum absolute atomic E-state index is 4.69. The summed E-state index contributed by atoms with van der Waals surface area (Å²) in [5.41, 5.74) is 3.75. The Balaban J connectivity index is 1.94. The average molecular weight is 285 g/mol. The third-order valence-corrected chi connectivity index (χ3v) is 4.11. The standard InChI is InChI=1S/C18H27N3/c1-5-18(6-2)21-11-10-17(20-21)13-19-15(4)16-9-7-8-14(3)12-16/h7-12,15,18-19H,5-6,13H2,1-4H3/t15-/m0/s1. The molecule has 3 heteroatoms. The van der Waals surface area contributed by atoms with Gasteiger partial charge in [0.2, 0.25) is 0 Å². The predicted molar refractivity (Wildman–Crippen MR) is 88.3 cm³/mol. The Labute approximate surface area is 128 Å². The first-order valence-electron chi connectivity index (χ1n) is 7.98. The normalized spacial score (nSPS) is 12.8. The predicted octanol–water partition coefficient (Wildman–Crippen LogP) is 4.40. The van der Waals surface area contributed by atoms with Crippen molar-refractivity contribution in [1.82, 2.24) is 15.1 Å². The van der Waals surface area contributed by atoms with Crippen LogP contribution in [0.15, 0.2) is 36.5 Å². The summed E-state index contributed by atoms with van der Waals surface area (Å²) in [5.74, 6) is 0. The molecule has 2 rings (SSSR count). The van der Waals surface area contributed by atoms with Crippen LogP contribution in [0.4, 0.5) is 0 Å². The molecule has 0 spiro atoms. The molecule has 1 N–H and O–H groups in total. The third kappa shape index (κ3) is 4.18. The summed E-state index contributed by atoms with van der Waals surface area (Å²) in [6.45, 7) is 9.57. The molecule has 0 radical (unpaired) electrons. The van der Waals surface area contributed by atoms with E-state index in [1.54, 1.807) is 0 Å². The number of aromatic nitrogens is 2. The smallest absolute Gasteiger partial charge is 0.0762 e. The lowest BCUT2D eigenvalue weighted by atomic mass is 10.1. The quantitative estimate of drug-likeness (QED) is 0.817. The van der Waals surface area contributed by atoms with Crippen molar-refractivity contribution >= 4 is 0 Å². The van der Waals surface area contributed by atoms with Crippen molar-refractivity contribution < 1.29 is 0 Å².